The third kappa shape index (κ3) is 4.86. The number of hydrogen-bond donors (Lipinski definition) is 3. The van der Waals surface area contributed by atoms with E-state index in [1.165, 1.54) is 0 Å². The monoisotopic (exact) mass is 455 g/mol. The molecule has 7 heteroatoms. The summed E-state index contributed by atoms with van der Waals surface area (Å²) in [7, 11) is 0. The van der Waals surface area contributed by atoms with Gasteiger partial charge in [-0.2, -0.15) is 0 Å². The van der Waals surface area contributed by atoms with Crippen molar-refractivity contribution in [3.05, 3.63) is 82.0 Å². The van der Waals surface area contributed by atoms with Crippen LogP contribution < -0.4 is 20.7 Å². The number of nitrogens with one attached hydrogen (secondary N) is 3. The zero-order valence-electron chi connectivity index (χ0n) is 16.2. The van der Waals surface area contributed by atoms with Gasteiger partial charge in [-0.25, -0.2) is 4.79 Å². The molecule has 0 spiro atoms. The molecule has 3 N–H and O–H groups in total. The van der Waals surface area contributed by atoms with Gasteiger partial charge in [-0.3, -0.25) is 4.79 Å². The number of amides is 3. The van der Waals surface area contributed by atoms with Crippen LogP contribution in [0.25, 0.3) is 0 Å². The summed E-state index contributed by atoms with van der Waals surface area (Å²) < 4.78 is 6.57. The maximum atomic E-state index is 13.2. The van der Waals surface area contributed by atoms with E-state index in [9.17, 15) is 9.59 Å². The number of carbonyl (C=O) groups excluding carboxylic acids is 2. The third-order valence-electron chi connectivity index (χ3n) is 4.43. The van der Waals surface area contributed by atoms with Crippen LogP contribution in [0.1, 0.15) is 24.1 Å². The second-order valence-corrected chi connectivity index (χ2v) is 7.59. The summed E-state index contributed by atoms with van der Waals surface area (Å²) in [6.07, 6.45) is 1.64. The van der Waals surface area contributed by atoms with E-state index in [-0.39, 0.29) is 11.9 Å². The van der Waals surface area contributed by atoms with E-state index in [0.29, 0.717) is 34.9 Å². The first-order chi connectivity index (χ1) is 13.9. The van der Waals surface area contributed by atoms with Crippen LogP contribution in [0.15, 0.2) is 70.9 Å². The van der Waals surface area contributed by atoms with Crippen molar-refractivity contribution in [2.75, 3.05) is 11.9 Å². The van der Waals surface area contributed by atoms with Crippen molar-refractivity contribution in [3.8, 4) is 5.75 Å². The van der Waals surface area contributed by atoms with Crippen molar-refractivity contribution >= 4 is 33.6 Å². The molecular formula is C22H22BrN3O3. The van der Waals surface area contributed by atoms with Crippen molar-refractivity contribution in [1.29, 1.82) is 0 Å². The predicted molar refractivity (Wildman–Crippen MR) is 117 cm³/mol. The van der Waals surface area contributed by atoms with Crippen molar-refractivity contribution in [2.45, 2.75) is 19.9 Å². The lowest BCUT2D eigenvalue weighted by atomic mass is 9.94. The summed E-state index contributed by atoms with van der Waals surface area (Å²) in [4.78, 5) is 25.3. The summed E-state index contributed by atoms with van der Waals surface area (Å²) in [6, 6.07) is 12.0. The Morgan fingerprint density at radius 1 is 1.28 bits per heavy atom. The Kier molecular flexibility index (Phi) is 6.39. The fourth-order valence-electron chi connectivity index (χ4n) is 3.17. The molecule has 6 nitrogen and oxygen atoms in total. The predicted octanol–water partition coefficient (Wildman–Crippen LogP) is 4.59. The molecule has 0 aromatic heterocycles. The van der Waals surface area contributed by atoms with Crippen LogP contribution in [0.5, 0.6) is 5.75 Å². The van der Waals surface area contributed by atoms with Crippen LogP contribution in [0, 0.1) is 6.92 Å². The number of benzene rings is 2. The Morgan fingerprint density at radius 2 is 2.07 bits per heavy atom. The van der Waals surface area contributed by atoms with Crippen LogP contribution in [-0.4, -0.2) is 18.5 Å². The fourth-order valence-corrected chi connectivity index (χ4v) is 3.55. The van der Waals surface area contributed by atoms with Crippen LogP contribution in [0.3, 0.4) is 0 Å². The summed E-state index contributed by atoms with van der Waals surface area (Å²) in [6.45, 7) is 7.64. The van der Waals surface area contributed by atoms with Gasteiger partial charge in [0.1, 0.15) is 12.4 Å². The minimum atomic E-state index is -0.675. The van der Waals surface area contributed by atoms with E-state index >= 15 is 0 Å². The molecule has 150 valence electrons. The van der Waals surface area contributed by atoms with Gasteiger partial charge in [-0.15, -0.1) is 0 Å². The molecule has 1 unspecified atom stereocenters. The average Bonchev–Trinajstić information content (AvgIpc) is 2.66. The summed E-state index contributed by atoms with van der Waals surface area (Å²) >= 11 is 3.46. The number of ether oxygens (including phenoxy) is 1. The number of allylic oxidation sites excluding steroid dienone is 1. The first kappa shape index (κ1) is 20.7. The molecule has 1 heterocycles. The molecule has 1 aliphatic rings. The molecule has 2 aromatic carbocycles. The molecule has 0 bridgehead atoms. The lowest BCUT2D eigenvalue weighted by Crippen LogP contribution is -2.46. The lowest BCUT2D eigenvalue weighted by molar-refractivity contribution is -0.113. The van der Waals surface area contributed by atoms with Crippen LogP contribution in [0.4, 0.5) is 10.5 Å². The van der Waals surface area contributed by atoms with Gasteiger partial charge in [-0.1, -0.05) is 40.7 Å². The van der Waals surface area contributed by atoms with Crippen LogP contribution in [0.2, 0.25) is 0 Å². The first-order valence-corrected chi connectivity index (χ1v) is 9.87. The molecule has 0 saturated carbocycles. The molecule has 3 amide bonds. The minimum absolute atomic E-state index is 0.305. The first-order valence-electron chi connectivity index (χ1n) is 9.08. The molecule has 0 radical (unpaired) electrons. The number of carbonyl (C=O) groups is 2. The van der Waals surface area contributed by atoms with E-state index in [0.717, 1.165) is 10.0 Å². The zero-order valence-corrected chi connectivity index (χ0v) is 17.8. The molecule has 1 aliphatic heterocycles. The number of halogens is 1. The second kappa shape index (κ2) is 8.96. The Balaban J connectivity index is 2.01. The van der Waals surface area contributed by atoms with Gasteiger partial charge in [0.25, 0.3) is 5.91 Å². The number of urea groups is 1. The zero-order chi connectivity index (χ0) is 21.0. The molecule has 29 heavy (non-hydrogen) atoms. The maximum absolute atomic E-state index is 13.2. The van der Waals surface area contributed by atoms with E-state index in [1.807, 2.05) is 43.3 Å². The number of hydrogen-bond acceptors (Lipinski definition) is 3. The van der Waals surface area contributed by atoms with Crippen molar-refractivity contribution in [3.63, 3.8) is 0 Å². The highest BCUT2D eigenvalue weighted by atomic mass is 79.9. The lowest BCUT2D eigenvalue weighted by Gasteiger charge is -2.30. The molecular weight excluding hydrogens is 434 g/mol. The topological polar surface area (TPSA) is 79.5 Å². The normalized spacial score (nSPS) is 16.0. The van der Waals surface area contributed by atoms with E-state index in [1.54, 1.807) is 19.1 Å². The highest BCUT2D eigenvalue weighted by Gasteiger charge is 2.33. The summed E-state index contributed by atoms with van der Waals surface area (Å²) in [5.74, 6) is 0.259. The summed E-state index contributed by atoms with van der Waals surface area (Å²) in [5, 5.41) is 8.44. The quantitative estimate of drug-likeness (QED) is 0.557. The van der Waals surface area contributed by atoms with Gasteiger partial charge < -0.3 is 20.7 Å². The number of aryl methyl sites for hydroxylation is 1. The van der Waals surface area contributed by atoms with Crippen LogP contribution >= 0.6 is 15.9 Å². The molecule has 3 rings (SSSR count). The van der Waals surface area contributed by atoms with E-state index in [4.69, 9.17) is 4.74 Å². The van der Waals surface area contributed by atoms with Gasteiger partial charge >= 0.3 is 6.03 Å². The van der Waals surface area contributed by atoms with E-state index < -0.39 is 6.04 Å². The standard InChI is InChI=1S/C22H22BrN3O3/c1-4-10-29-18-9-8-15(23)12-17(18)20-19(14(3)24-22(28)26-20)21(27)25-16-7-5-6-13(2)11-16/h4-9,11-12,20H,1,10H2,2-3H3,(H,25,27)(H2,24,26,28). The highest BCUT2D eigenvalue weighted by molar-refractivity contribution is 9.10. The number of rotatable bonds is 6. The molecule has 0 saturated heterocycles. The second-order valence-electron chi connectivity index (χ2n) is 6.68. The molecule has 0 fully saturated rings. The Bertz CT molecular complexity index is 1000. The van der Waals surface area contributed by atoms with Crippen molar-refractivity contribution in [2.24, 2.45) is 0 Å². The molecule has 1 atom stereocenters. The van der Waals surface area contributed by atoms with Crippen molar-refractivity contribution < 1.29 is 14.3 Å². The fraction of sp³-hybridized carbons (Fsp3) is 0.182. The van der Waals surface area contributed by atoms with Crippen molar-refractivity contribution in [1.82, 2.24) is 10.6 Å². The maximum Gasteiger partial charge on any atom is 0.319 e. The minimum Gasteiger partial charge on any atom is -0.489 e. The van der Waals surface area contributed by atoms with Gasteiger partial charge in [0.2, 0.25) is 0 Å². The third-order valence-corrected chi connectivity index (χ3v) is 4.92. The van der Waals surface area contributed by atoms with Gasteiger partial charge in [-0.05, 0) is 49.7 Å². The Labute approximate surface area is 178 Å². The van der Waals surface area contributed by atoms with Gasteiger partial charge in [0.05, 0.1) is 11.6 Å². The van der Waals surface area contributed by atoms with Gasteiger partial charge in [0.15, 0.2) is 0 Å². The Morgan fingerprint density at radius 3 is 2.79 bits per heavy atom. The molecule has 2 aromatic rings. The molecule has 0 aliphatic carbocycles. The van der Waals surface area contributed by atoms with Crippen LogP contribution in [-0.2, 0) is 4.79 Å². The van der Waals surface area contributed by atoms with Gasteiger partial charge in [0, 0.05) is 21.4 Å². The Hall–Kier alpha value is -3.06. The summed E-state index contributed by atoms with van der Waals surface area (Å²) in [5.41, 5.74) is 3.28. The SMILES string of the molecule is C=CCOc1ccc(Br)cc1C1NC(=O)NC(C)=C1C(=O)Nc1cccc(C)c1. The average molecular weight is 456 g/mol. The number of anilines is 1. The smallest absolute Gasteiger partial charge is 0.319 e. The highest BCUT2D eigenvalue weighted by Crippen LogP contribution is 2.35. The largest absolute Gasteiger partial charge is 0.489 e. The van der Waals surface area contributed by atoms with E-state index in [2.05, 4.69) is 38.5 Å².